The standard InChI is InChI=1S/C22H15F3O3/c23-22(24,25)19-9-5-4-8-18(19)21(27)28-14-20(26)17-12-10-16(11-13-17)15-6-2-1-3-7-15/h1-13H,14H2. The number of Topliss-reactive ketones (excluding diaryl/α,β-unsaturated/α-hetero) is 1. The summed E-state index contributed by atoms with van der Waals surface area (Å²) in [7, 11) is 0. The maximum atomic E-state index is 13.0. The highest BCUT2D eigenvalue weighted by Gasteiger charge is 2.35. The number of hydrogen-bond acceptors (Lipinski definition) is 3. The fourth-order valence-electron chi connectivity index (χ4n) is 2.68. The SMILES string of the molecule is O=C(COC(=O)c1ccccc1C(F)(F)F)c1ccc(-c2ccccc2)cc1. The maximum absolute atomic E-state index is 13.0. The lowest BCUT2D eigenvalue weighted by Gasteiger charge is -2.12. The van der Waals surface area contributed by atoms with E-state index < -0.39 is 35.7 Å². The van der Waals surface area contributed by atoms with Gasteiger partial charge in [0.1, 0.15) is 0 Å². The van der Waals surface area contributed by atoms with E-state index in [4.69, 9.17) is 4.74 Å². The van der Waals surface area contributed by atoms with E-state index in [2.05, 4.69) is 0 Å². The topological polar surface area (TPSA) is 43.4 Å². The van der Waals surface area contributed by atoms with E-state index in [1.807, 2.05) is 30.3 Å². The zero-order valence-electron chi connectivity index (χ0n) is 14.6. The van der Waals surface area contributed by atoms with Crippen LogP contribution in [0.25, 0.3) is 11.1 Å². The number of hydrogen-bond donors (Lipinski definition) is 0. The van der Waals surface area contributed by atoms with Crippen LogP contribution in [-0.2, 0) is 10.9 Å². The molecule has 0 bridgehead atoms. The summed E-state index contributed by atoms with van der Waals surface area (Å²) in [6.07, 6.45) is -4.69. The molecular formula is C22H15F3O3. The number of benzene rings is 3. The predicted octanol–water partition coefficient (Wildman–Crippen LogP) is 5.41. The quantitative estimate of drug-likeness (QED) is 0.436. The van der Waals surface area contributed by atoms with Gasteiger partial charge in [-0.1, -0.05) is 66.7 Å². The Bertz CT molecular complexity index is 978. The molecule has 0 saturated carbocycles. The Hall–Kier alpha value is -3.41. The van der Waals surface area contributed by atoms with Crippen LogP contribution in [0.1, 0.15) is 26.3 Å². The second-order valence-electron chi connectivity index (χ2n) is 5.99. The van der Waals surface area contributed by atoms with E-state index in [1.54, 1.807) is 24.3 Å². The Kier molecular flexibility index (Phi) is 5.59. The van der Waals surface area contributed by atoms with Crippen molar-refractivity contribution in [2.75, 3.05) is 6.61 Å². The number of carbonyl (C=O) groups is 2. The average molecular weight is 384 g/mol. The number of esters is 1. The molecule has 28 heavy (non-hydrogen) atoms. The lowest BCUT2D eigenvalue weighted by atomic mass is 10.0. The van der Waals surface area contributed by atoms with Gasteiger partial charge in [-0.05, 0) is 23.3 Å². The third-order valence-electron chi connectivity index (χ3n) is 4.10. The molecule has 0 spiro atoms. The first-order valence-electron chi connectivity index (χ1n) is 8.38. The molecule has 0 aliphatic rings. The zero-order valence-corrected chi connectivity index (χ0v) is 14.6. The predicted molar refractivity (Wildman–Crippen MR) is 97.9 cm³/mol. The summed E-state index contributed by atoms with van der Waals surface area (Å²) < 4.78 is 43.7. The summed E-state index contributed by atoms with van der Waals surface area (Å²) in [5.41, 5.74) is 0.475. The number of halogens is 3. The molecule has 3 aromatic rings. The monoisotopic (exact) mass is 384 g/mol. The first kappa shape index (κ1) is 19.4. The van der Waals surface area contributed by atoms with Gasteiger partial charge in [0.25, 0.3) is 0 Å². The van der Waals surface area contributed by atoms with Crippen LogP contribution in [0.2, 0.25) is 0 Å². The van der Waals surface area contributed by atoms with E-state index in [-0.39, 0.29) is 0 Å². The first-order valence-corrected chi connectivity index (χ1v) is 8.38. The minimum atomic E-state index is -4.69. The summed E-state index contributed by atoms with van der Waals surface area (Å²) in [5.74, 6) is -1.69. The molecule has 142 valence electrons. The molecule has 0 unspecified atom stereocenters. The second kappa shape index (κ2) is 8.08. The van der Waals surface area contributed by atoms with Gasteiger partial charge in [0.05, 0.1) is 11.1 Å². The molecule has 0 aliphatic heterocycles. The summed E-state index contributed by atoms with van der Waals surface area (Å²) in [6, 6.07) is 20.5. The molecule has 0 aliphatic carbocycles. The molecular weight excluding hydrogens is 369 g/mol. The molecule has 0 fully saturated rings. The third-order valence-corrected chi connectivity index (χ3v) is 4.10. The van der Waals surface area contributed by atoms with Crippen molar-refractivity contribution in [3.05, 3.63) is 95.6 Å². The summed E-state index contributed by atoms with van der Waals surface area (Å²) in [5, 5.41) is 0. The minimum Gasteiger partial charge on any atom is -0.454 e. The van der Waals surface area contributed by atoms with Gasteiger partial charge in [-0.2, -0.15) is 13.2 Å². The molecule has 0 radical (unpaired) electrons. The van der Waals surface area contributed by atoms with Gasteiger partial charge in [-0.25, -0.2) is 4.79 Å². The van der Waals surface area contributed by atoms with Crippen molar-refractivity contribution in [3.63, 3.8) is 0 Å². The molecule has 3 aromatic carbocycles. The Morgan fingerprint density at radius 1 is 0.750 bits per heavy atom. The molecule has 0 saturated heterocycles. The molecule has 3 nitrogen and oxygen atoms in total. The van der Waals surface area contributed by atoms with Crippen molar-refractivity contribution < 1.29 is 27.5 Å². The van der Waals surface area contributed by atoms with Crippen LogP contribution in [0.4, 0.5) is 13.2 Å². The molecule has 6 heteroatoms. The van der Waals surface area contributed by atoms with Crippen LogP contribution in [0.5, 0.6) is 0 Å². The van der Waals surface area contributed by atoms with Crippen LogP contribution in [0.15, 0.2) is 78.9 Å². The highest BCUT2D eigenvalue weighted by Crippen LogP contribution is 2.32. The Morgan fingerprint density at radius 3 is 1.96 bits per heavy atom. The molecule has 0 amide bonds. The van der Waals surface area contributed by atoms with Crippen LogP contribution in [0, 0.1) is 0 Å². The first-order chi connectivity index (χ1) is 13.4. The van der Waals surface area contributed by atoms with E-state index in [1.165, 1.54) is 12.1 Å². The fourth-order valence-corrected chi connectivity index (χ4v) is 2.68. The molecule has 0 aromatic heterocycles. The van der Waals surface area contributed by atoms with Crippen LogP contribution < -0.4 is 0 Å². The summed E-state index contributed by atoms with van der Waals surface area (Å²) >= 11 is 0. The van der Waals surface area contributed by atoms with Crippen LogP contribution in [-0.4, -0.2) is 18.4 Å². The molecule has 3 rings (SSSR count). The lowest BCUT2D eigenvalue weighted by Crippen LogP contribution is -2.18. The highest BCUT2D eigenvalue weighted by atomic mass is 19.4. The van der Waals surface area contributed by atoms with Gasteiger partial charge in [0.2, 0.25) is 0 Å². The van der Waals surface area contributed by atoms with E-state index in [0.29, 0.717) is 5.56 Å². The Balaban J connectivity index is 1.67. The van der Waals surface area contributed by atoms with Gasteiger partial charge in [-0.3, -0.25) is 4.79 Å². The maximum Gasteiger partial charge on any atom is 0.417 e. The van der Waals surface area contributed by atoms with Crippen LogP contribution >= 0.6 is 0 Å². The van der Waals surface area contributed by atoms with Gasteiger partial charge in [0, 0.05) is 5.56 Å². The Labute approximate surface area is 159 Å². The van der Waals surface area contributed by atoms with Crippen molar-refractivity contribution in [3.8, 4) is 11.1 Å². The number of rotatable bonds is 5. The third kappa shape index (κ3) is 4.46. The van der Waals surface area contributed by atoms with Crippen molar-refractivity contribution in [1.29, 1.82) is 0 Å². The minimum absolute atomic E-state index is 0.302. The van der Waals surface area contributed by atoms with Crippen LogP contribution in [0.3, 0.4) is 0 Å². The number of ether oxygens (including phenoxy) is 1. The Morgan fingerprint density at radius 2 is 1.32 bits per heavy atom. The van der Waals surface area contributed by atoms with Crippen molar-refractivity contribution in [2.24, 2.45) is 0 Å². The largest absolute Gasteiger partial charge is 0.454 e. The number of carbonyl (C=O) groups excluding carboxylic acids is 2. The van der Waals surface area contributed by atoms with Gasteiger partial charge in [-0.15, -0.1) is 0 Å². The smallest absolute Gasteiger partial charge is 0.417 e. The lowest BCUT2D eigenvalue weighted by molar-refractivity contribution is -0.138. The summed E-state index contributed by atoms with van der Waals surface area (Å²) in [4.78, 5) is 24.2. The van der Waals surface area contributed by atoms with Gasteiger partial charge < -0.3 is 4.74 Å². The van der Waals surface area contributed by atoms with Gasteiger partial charge >= 0.3 is 12.1 Å². The van der Waals surface area contributed by atoms with Crippen molar-refractivity contribution >= 4 is 11.8 Å². The number of ketones is 1. The van der Waals surface area contributed by atoms with E-state index >= 15 is 0 Å². The van der Waals surface area contributed by atoms with E-state index in [9.17, 15) is 22.8 Å². The molecule has 0 N–H and O–H groups in total. The zero-order chi connectivity index (χ0) is 20.1. The molecule has 0 atom stereocenters. The highest BCUT2D eigenvalue weighted by molar-refractivity contribution is 6.00. The summed E-state index contributed by atoms with van der Waals surface area (Å²) in [6.45, 7) is -0.643. The van der Waals surface area contributed by atoms with E-state index in [0.717, 1.165) is 23.3 Å². The molecule has 0 heterocycles. The van der Waals surface area contributed by atoms with Gasteiger partial charge in [0.15, 0.2) is 12.4 Å². The normalized spacial score (nSPS) is 11.1. The van der Waals surface area contributed by atoms with Crippen molar-refractivity contribution in [1.82, 2.24) is 0 Å². The second-order valence-corrected chi connectivity index (χ2v) is 5.99. The number of alkyl halides is 3. The van der Waals surface area contributed by atoms with Crippen molar-refractivity contribution in [2.45, 2.75) is 6.18 Å². The average Bonchev–Trinajstić information content (AvgIpc) is 2.72. The fraction of sp³-hybridized carbons (Fsp3) is 0.0909.